The molecule has 0 atom stereocenters. The first-order valence-corrected chi connectivity index (χ1v) is 10.3. The fourth-order valence-corrected chi connectivity index (χ4v) is 4.39. The zero-order valence-electron chi connectivity index (χ0n) is 14.7. The fraction of sp³-hybridized carbons (Fsp3) is 0.125. The highest BCUT2D eigenvalue weighted by Gasteiger charge is 2.33. The van der Waals surface area contributed by atoms with Crippen LogP contribution < -0.4 is 5.69 Å². The van der Waals surface area contributed by atoms with Crippen molar-refractivity contribution in [2.24, 2.45) is 0 Å². The van der Waals surface area contributed by atoms with E-state index in [0.29, 0.717) is 12.4 Å². The lowest BCUT2D eigenvalue weighted by Crippen LogP contribution is -2.36. The number of benzene rings is 2. The lowest BCUT2D eigenvalue weighted by Gasteiger charge is -2.11. The number of hydrogen-bond donors (Lipinski definition) is 0. The number of halogens is 4. The van der Waals surface area contributed by atoms with Crippen LogP contribution in [0.15, 0.2) is 33.8 Å². The van der Waals surface area contributed by atoms with Crippen LogP contribution in [0.3, 0.4) is 0 Å². The molecule has 0 aliphatic carbocycles. The van der Waals surface area contributed by atoms with Crippen LogP contribution in [0, 0.1) is 21.0 Å². The van der Waals surface area contributed by atoms with Crippen molar-refractivity contribution in [2.75, 3.05) is 14.1 Å². The molecule has 0 spiro atoms. The summed E-state index contributed by atoms with van der Waals surface area (Å²) in [5.41, 5.74) is -4.22. The van der Waals surface area contributed by atoms with Crippen molar-refractivity contribution in [3.63, 3.8) is 0 Å². The molecule has 152 valence electrons. The van der Waals surface area contributed by atoms with Gasteiger partial charge in [-0.3, -0.25) is 4.57 Å². The molecule has 0 aliphatic heterocycles. The Morgan fingerprint density at radius 1 is 1.14 bits per heavy atom. The quantitative estimate of drug-likeness (QED) is 0.375. The zero-order valence-corrected chi connectivity index (χ0v) is 17.6. The number of oxazole rings is 1. The zero-order chi connectivity index (χ0) is 21.2. The van der Waals surface area contributed by atoms with E-state index < -0.39 is 61.2 Å². The van der Waals surface area contributed by atoms with Crippen LogP contribution >= 0.6 is 22.6 Å². The molecule has 2 heterocycles. The first kappa shape index (κ1) is 19.9. The molecule has 2 aromatic heterocycles. The maximum Gasteiger partial charge on any atom is 0.349 e. The van der Waals surface area contributed by atoms with E-state index in [4.69, 9.17) is 4.42 Å². The Morgan fingerprint density at radius 2 is 1.83 bits per heavy atom. The van der Waals surface area contributed by atoms with Gasteiger partial charge in [-0.05, 0) is 40.8 Å². The predicted octanol–water partition coefficient (Wildman–Crippen LogP) is 2.61. The summed E-state index contributed by atoms with van der Waals surface area (Å²) < 4.78 is 76.7. The highest BCUT2D eigenvalue weighted by atomic mass is 127. The highest BCUT2D eigenvalue weighted by Crippen LogP contribution is 2.33. The molecule has 0 unspecified atom stereocenters. The molecular weight excluding hydrogens is 528 g/mol. The van der Waals surface area contributed by atoms with Gasteiger partial charge in [-0.25, -0.2) is 22.9 Å². The third-order valence-electron chi connectivity index (χ3n) is 4.25. The number of fused-ring (bicyclic) bond motifs is 3. The molecule has 0 aliphatic rings. The predicted molar refractivity (Wildman–Crippen MR) is 106 cm³/mol. The van der Waals surface area contributed by atoms with Crippen molar-refractivity contribution < 1.29 is 26.0 Å². The molecule has 29 heavy (non-hydrogen) atoms. The van der Waals surface area contributed by atoms with E-state index in [0.717, 1.165) is 32.6 Å². The van der Waals surface area contributed by atoms with Gasteiger partial charge in [-0.1, -0.05) is 0 Å². The van der Waals surface area contributed by atoms with Crippen molar-refractivity contribution in [3.8, 4) is 5.69 Å². The molecule has 0 radical (unpaired) electrons. The Morgan fingerprint density at radius 3 is 2.45 bits per heavy atom. The van der Waals surface area contributed by atoms with E-state index in [1.807, 2.05) is 22.6 Å². The van der Waals surface area contributed by atoms with Crippen LogP contribution in [-0.2, 0) is 10.2 Å². The number of hydrogen-bond acceptors (Lipinski definition) is 5. The number of imidazole rings is 1. The van der Waals surface area contributed by atoms with Gasteiger partial charge in [0.1, 0.15) is 16.9 Å². The summed E-state index contributed by atoms with van der Waals surface area (Å²) in [6.45, 7) is 0. The van der Waals surface area contributed by atoms with Crippen LogP contribution in [0.2, 0.25) is 0 Å². The van der Waals surface area contributed by atoms with Gasteiger partial charge in [0, 0.05) is 17.7 Å². The van der Waals surface area contributed by atoms with Crippen molar-refractivity contribution >= 4 is 54.9 Å². The summed E-state index contributed by atoms with van der Waals surface area (Å²) in [5.74, 6) is -3.96. The standard InChI is InChI=1S/C16H10F3IN4O4S/c1-22(2)29(26,27)24-14-13(11(19)10(18)12-15(14)28-6-21-12)23(16(24)25)9-4-3-7(20)5-8(9)17/h3-6H,1-2H3. The van der Waals surface area contributed by atoms with Crippen LogP contribution in [0.4, 0.5) is 13.2 Å². The molecular formula is C16H10F3IN4O4S. The molecule has 0 saturated heterocycles. The summed E-state index contributed by atoms with van der Waals surface area (Å²) in [4.78, 5) is 16.7. The average Bonchev–Trinajstić information content (AvgIpc) is 3.23. The molecule has 0 bridgehead atoms. The summed E-state index contributed by atoms with van der Waals surface area (Å²) in [6.07, 6.45) is 0.784. The van der Waals surface area contributed by atoms with E-state index in [1.54, 1.807) is 0 Å². The minimum atomic E-state index is -4.53. The minimum absolute atomic E-state index is 0.232. The summed E-state index contributed by atoms with van der Waals surface area (Å²) >= 11 is 1.83. The van der Waals surface area contributed by atoms with Crippen LogP contribution in [0.1, 0.15) is 0 Å². The third kappa shape index (κ3) is 2.71. The Kier molecular flexibility index (Phi) is 4.51. The average molecular weight is 538 g/mol. The number of aromatic nitrogens is 3. The van der Waals surface area contributed by atoms with E-state index in [9.17, 15) is 26.4 Å². The fourth-order valence-electron chi connectivity index (χ4n) is 2.93. The lowest BCUT2D eigenvalue weighted by molar-refractivity contribution is 0.509. The van der Waals surface area contributed by atoms with Crippen molar-refractivity contribution in [1.82, 2.24) is 17.8 Å². The largest absolute Gasteiger partial charge is 0.441 e. The maximum atomic E-state index is 15.0. The van der Waals surface area contributed by atoms with Crippen LogP contribution in [0.25, 0.3) is 27.8 Å². The summed E-state index contributed by atoms with van der Waals surface area (Å²) in [6, 6.07) is 3.65. The van der Waals surface area contributed by atoms with E-state index in [-0.39, 0.29) is 3.97 Å². The van der Waals surface area contributed by atoms with Gasteiger partial charge in [-0.15, -0.1) is 0 Å². The molecule has 0 saturated carbocycles. The monoisotopic (exact) mass is 538 g/mol. The third-order valence-corrected chi connectivity index (χ3v) is 6.64. The van der Waals surface area contributed by atoms with Gasteiger partial charge in [0.05, 0.1) is 5.69 Å². The smallest absolute Gasteiger partial charge is 0.349 e. The Hall–Kier alpha value is -2.39. The van der Waals surface area contributed by atoms with Gasteiger partial charge in [0.15, 0.2) is 29.1 Å². The maximum absolute atomic E-state index is 15.0. The molecule has 2 aromatic carbocycles. The van der Waals surface area contributed by atoms with Crippen molar-refractivity contribution in [1.29, 1.82) is 0 Å². The number of nitrogens with zero attached hydrogens (tertiary/aromatic N) is 4. The van der Waals surface area contributed by atoms with Crippen molar-refractivity contribution in [3.05, 3.63) is 56.1 Å². The van der Waals surface area contributed by atoms with Crippen LogP contribution in [-0.4, -0.2) is 40.3 Å². The molecule has 4 aromatic rings. The Bertz CT molecular complexity index is 1470. The van der Waals surface area contributed by atoms with E-state index >= 15 is 0 Å². The first-order chi connectivity index (χ1) is 13.6. The molecule has 0 fully saturated rings. The summed E-state index contributed by atoms with van der Waals surface area (Å²) in [5, 5.41) is 0. The van der Waals surface area contributed by atoms with E-state index in [1.165, 1.54) is 6.07 Å². The minimum Gasteiger partial charge on any atom is -0.441 e. The van der Waals surface area contributed by atoms with E-state index in [2.05, 4.69) is 4.98 Å². The van der Waals surface area contributed by atoms with Gasteiger partial charge in [0.25, 0.3) is 0 Å². The molecule has 13 heteroatoms. The highest BCUT2D eigenvalue weighted by molar-refractivity contribution is 14.1. The second-order valence-electron chi connectivity index (χ2n) is 6.12. The molecule has 8 nitrogen and oxygen atoms in total. The lowest BCUT2D eigenvalue weighted by atomic mass is 10.2. The SMILES string of the molecule is CN(C)S(=O)(=O)n1c(=O)n(-c2ccc(I)cc2F)c2c(F)c(F)c3ncoc3c21. The second-order valence-corrected chi connectivity index (χ2v) is 9.36. The van der Waals surface area contributed by atoms with Gasteiger partial charge >= 0.3 is 15.9 Å². The van der Waals surface area contributed by atoms with Crippen LogP contribution in [0.5, 0.6) is 0 Å². The second kappa shape index (κ2) is 6.56. The molecule has 0 amide bonds. The molecule has 4 rings (SSSR count). The Balaban J connectivity index is 2.35. The number of rotatable bonds is 3. The van der Waals surface area contributed by atoms with Crippen molar-refractivity contribution in [2.45, 2.75) is 0 Å². The first-order valence-electron chi connectivity index (χ1n) is 7.83. The van der Waals surface area contributed by atoms with Gasteiger partial charge in [0.2, 0.25) is 0 Å². The Labute approximate surface area is 174 Å². The van der Waals surface area contributed by atoms with Gasteiger partial charge in [-0.2, -0.15) is 16.7 Å². The summed E-state index contributed by atoms with van der Waals surface area (Å²) in [7, 11) is -2.23. The molecule has 0 N–H and O–H groups in total. The topological polar surface area (TPSA) is 90.3 Å². The normalized spacial score (nSPS) is 12.5. The van der Waals surface area contributed by atoms with Gasteiger partial charge < -0.3 is 4.42 Å².